The summed E-state index contributed by atoms with van der Waals surface area (Å²) >= 11 is 6.19. The molecule has 0 saturated heterocycles. The van der Waals surface area contributed by atoms with Crippen molar-refractivity contribution >= 4 is 11.6 Å². The van der Waals surface area contributed by atoms with Gasteiger partial charge < -0.3 is 10.3 Å². The summed E-state index contributed by atoms with van der Waals surface area (Å²) in [6.45, 7) is 5.10. The molecule has 2 rings (SSSR count). The number of aromatic nitrogens is 2. The van der Waals surface area contributed by atoms with E-state index in [4.69, 9.17) is 11.6 Å². The fourth-order valence-corrected chi connectivity index (χ4v) is 2.07. The van der Waals surface area contributed by atoms with Crippen LogP contribution in [-0.4, -0.2) is 16.5 Å². The highest BCUT2D eigenvalue weighted by molar-refractivity contribution is 6.31. The fraction of sp³-hybridized carbons (Fsp3) is 0.357. The van der Waals surface area contributed by atoms with Crippen molar-refractivity contribution in [2.45, 2.75) is 26.3 Å². The highest BCUT2D eigenvalue weighted by Gasteiger charge is 2.16. The van der Waals surface area contributed by atoms with Gasteiger partial charge in [-0.05, 0) is 37.1 Å². The molecule has 0 spiro atoms. The Kier molecular flexibility index (Phi) is 4.39. The lowest BCUT2D eigenvalue weighted by Crippen LogP contribution is -2.24. The van der Waals surface area contributed by atoms with Crippen LogP contribution in [0.4, 0.5) is 0 Å². The molecule has 4 heteroatoms. The molecular weight excluding hydrogens is 246 g/mol. The van der Waals surface area contributed by atoms with Crippen LogP contribution in [0.2, 0.25) is 5.02 Å². The van der Waals surface area contributed by atoms with Crippen molar-refractivity contribution in [3.63, 3.8) is 0 Å². The topological polar surface area (TPSA) is 40.7 Å². The van der Waals surface area contributed by atoms with Crippen LogP contribution in [0.5, 0.6) is 0 Å². The van der Waals surface area contributed by atoms with Crippen molar-refractivity contribution in [1.82, 2.24) is 15.3 Å². The standard InChI is InChI=1S/C14H18ClN3/c1-3-6-16-13(14-17-7-8-18-14)11-5-4-10(2)12(15)9-11/h4-5,7-9,13,16H,3,6H2,1-2H3,(H,17,18). The molecule has 0 aliphatic heterocycles. The van der Waals surface area contributed by atoms with E-state index in [-0.39, 0.29) is 6.04 Å². The number of rotatable bonds is 5. The highest BCUT2D eigenvalue weighted by atomic mass is 35.5. The molecule has 2 aromatic rings. The van der Waals surface area contributed by atoms with Gasteiger partial charge in [-0.25, -0.2) is 4.98 Å². The lowest BCUT2D eigenvalue weighted by atomic mass is 10.0. The summed E-state index contributed by atoms with van der Waals surface area (Å²) in [4.78, 5) is 7.50. The summed E-state index contributed by atoms with van der Waals surface area (Å²) in [6, 6.07) is 6.21. The largest absolute Gasteiger partial charge is 0.347 e. The maximum absolute atomic E-state index is 6.19. The van der Waals surface area contributed by atoms with E-state index in [1.54, 1.807) is 6.20 Å². The summed E-state index contributed by atoms with van der Waals surface area (Å²) in [5, 5.41) is 4.28. The molecule has 0 amide bonds. The minimum atomic E-state index is 0.0676. The molecule has 1 heterocycles. The maximum atomic E-state index is 6.19. The Balaban J connectivity index is 2.30. The van der Waals surface area contributed by atoms with E-state index in [1.807, 2.05) is 25.3 Å². The molecule has 2 N–H and O–H groups in total. The summed E-state index contributed by atoms with van der Waals surface area (Å²) in [7, 11) is 0. The Bertz CT molecular complexity index is 494. The number of halogens is 1. The van der Waals surface area contributed by atoms with Crippen molar-refractivity contribution in [3.05, 3.63) is 52.6 Å². The normalized spacial score (nSPS) is 12.6. The van der Waals surface area contributed by atoms with Gasteiger partial charge in [-0.1, -0.05) is 30.7 Å². The minimum Gasteiger partial charge on any atom is -0.347 e. The highest BCUT2D eigenvalue weighted by Crippen LogP contribution is 2.24. The van der Waals surface area contributed by atoms with E-state index in [9.17, 15) is 0 Å². The Morgan fingerprint density at radius 3 is 2.89 bits per heavy atom. The van der Waals surface area contributed by atoms with Crippen LogP contribution >= 0.6 is 11.6 Å². The molecule has 0 aliphatic carbocycles. The number of nitrogens with one attached hydrogen (secondary N) is 2. The summed E-state index contributed by atoms with van der Waals surface area (Å²) < 4.78 is 0. The molecule has 0 bridgehead atoms. The van der Waals surface area contributed by atoms with E-state index >= 15 is 0 Å². The van der Waals surface area contributed by atoms with Crippen molar-refractivity contribution in [2.24, 2.45) is 0 Å². The van der Waals surface area contributed by atoms with E-state index in [1.165, 1.54) is 0 Å². The molecule has 1 unspecified atom stereocenters. The van der Waals surface area contributed by atoms with Gasteiger partial charge in [0.2, 0.25) is 0 Å². The molecule has 0 fully saturated rings. The number of imidazole rings is 1. The maximum Gasteiger partial charge on any atom is 0.127 e. The van der Waals surface area contributed by atoms with E-state index in [2.05, 4.69) is 28.3 Å². The molecule has 1 atom stereocenters. The SMILES string of the molecule is CCCNC(c1ccc(C)c(Cl)c1)c1ncc[nH]1. The molecule has 1 aromatic heterocycles. The first-order valence-electron chi connectivity index (χ1n) is 6.21. The van der Waals surface area contributed by atoms with Gasteiger partial charge in [-0.2, -0.15) is 0 Å². The summed E-state index contributed by atoms with van der Waals surface area (Å²) in [6.07, 6.45) is 4.69. The van der Waals surface area contributed by atoms with Crippen LogP contribution in [0, 0.1) is 6.92 Å². The van der Waals surface area contributed by atoms with Crippen molar-refractivity contribution in [2.75, 3.05) is 6.54 Å². The zero-order valence-electron chi connectivity index (χ0n) is 10.7. The average molecular weight is 264 g/mol. The number of aryl methyl sites for hydroxylation is 1. The quantitative estimate of drug-likeness (QED) is 0.867. The van der Waals surface area contributed by atoms with Gasteiger partial charge in [-0.15, -0.1) is 0 Å². The lowest BCUT2D eigenvalue weighted by molar-refractivity contribution is 0.576. The van der Waals surface area contributed by atoms with Crippen LogP contribution in [0.3, 0.4) is 0 Å². The Hall–Kier alpha value is -1.32. The van der Waals surface area contributed by atoms with Gasteiger partial charge in [0.25, 0.3) is 0 Å². The first-order valence-corrected chi connectivity index (χ1v) is 6.59. The van der Waals surface area contributed by atoms with Gasteiger partial charge in [0.1, 0.15) is 5.82 Å². The molecule has 18 heavy (non-hydrogen) atoms. The van der Waals surface area contributed by atoms with Crippen molar-refractivity contribution in [1.29, 1.82) is 0 Å². The van der Waals surface area contributed by atoms with E-state index < -0.39 is 0 Å². The van der Waals surface area contributed by atoms with Gasteiger partial charge >= 0.3 is 0 Å². The van der Waals surface area contributed by atoms with Crippen molar-refractivity contribution < 1.29 is 0 Å². The third-order valence-corrected chi connectivity index (χ3v) is 3.33. The van der Waals surface area contributed by atoms with Crippen LogP contribution in [-0.2, 0) is 0 Å². The second-order valence-corrected chi connectivity index (χ2v) is 4.78. The van der Waals surface area contributed by atoms with Crippen LogP contribution in [0.15, 0.2) is 30.6 Å². The first kappa shape index (κ1) is 13.1. The van der Waals surface area contributed by atoms with E-state index in [0.717, 1.165) is 34.9 Å². The number of hydrogen-bond donors (Lipinski definition) is 2. The predicted molar refractivity (Wildman–Crippen MR) is 74.9 cm³/mol. The van der Waals surface area contributed by atoms with E-state index in [0.29, 0.717) is 0 Å². The minimum absolute atomic E-state index is 0.0676. The van der Waals surface area contributed by atoms with Crippen molar-refractivity contribution in [3.8, 4) is 0 Å². The summed E-state index contributed by atoms with van der Waals surface area (Å²) in [5.41, 5.74) is 2.23. The van der Waals surface area contributed by atoms with Gasteiger partial charge in [0, 0.05) is 17.4 Å². The van der Waals surface area contributed by atoms with Crippen LogP contribution in [0.1, 0.15) is 36.3 Å². The van der Waals surface area contributed by atoms with Gasteiger partial charge in [0.15, 0.2) is 0 Å². The second kappa shape index (κ2) is 6.03. The Labute approximate surface area is 113 Å². The summed E-state index contributed by atoms with van der Waals surface area (Å²) in [5.74, 6) is 0.920. The third kappa shape index (κ3) is 2.92. The number of nitrogens with zero attached hydrogens (tertiary/aromatic N) is 1. The van der Waals surface area contributed by atoms with Crippen LogP contribution < -0.4 is 5.32 Å². The monoisotopic (exact) mass is 263 g/mol. The molecule has 1 aromatic carbocycles. The Morgan fingerprint density at radius 2 is 2.28 bits per heavy atom. The fourth-order valence-electron chi connectivity index (χ4n) is 1.89. The second-order valence-electron chi connectivity index (χ2n) is 4.37. The van der Waals surface area contributed by atoms with Gasteiger partial charge in [0.05, 0.1) is 6.04 Å². The zero-order valence-corrected chi connectivity index (χ0v) is 11.5. The third-order valence-electron chi connectivity index (χ3n) is 2.92. The predicted octanol–water partition coefficient (Wildman–Crippen LogP) is 3.46. The molecule has 3 nitrogen and oxygen atoms in total. The average Bonchev–Trinajstić information content (AvgIpc) is 2.88. The number of aromatic amines is 1. The zero-order chi connectivity index (χ0) is 13.0. The molecule has 0 saturated carbocycles. The smallest absolute Gasteiger partial charge is 0.127 e. The molecule has 96 valence electrons. The number of H-pyrrole nitrogens is 1. The lowest BCUT2D eigenvalue weighted by Gasteiger charge is -2.17. The number of hydrogen-bond acceptors (Lipinski definition) is 2. The number of benzene rings is 1. The Morgan fingerprint density at radius 1 is 1.44 bits per heavy atom. The van der Waals surface area contributed by atoms with Crippen LogP contribution in [0.25, 0.3) is 0 Å². The molecule has 0 radical (unpaired) electrons. The first-order chi connectivity index (χ1) is 8.72. The molecule has 0 aliphatic rings. The molecular formula is C14H18ClN3. The van der Waals surface area contributed by atoms with Gasteiger partial charge in [-0.3, -0.25) is 0 Å².